The molecular weight excluding hydrogens is 368 g/mol. The van der Waals surface area contributed by atoms with Gasteiger partial charge in [0.15, 0.2) is 0 Å². The molecule has 29 heavy (non-hydrogen) atoms. The van der Waals surface area contributed by atoms with Gasteiger partial charge in [-0.15, -0.1) is 0 Å². The average molecular weight is 396 g/mol. The lowest BCUT2D eigenvalue weighted by molar-refractivity contribution is 0.0932. The number of fused-ring (bicyclic) bond motifs is 1. The fourth-order valence-electron chi connectivity index (χ4n) is 3.79. The molecule has 0 unspecified atom stereocenters. The SMILES string of the molecule is CCOCc1ccc(C(=O)N[C@@H]2CCCN(c3ncc4c(n3)CCOC4)C2)cc1. The fraction of sp³-hybridized carbons (Fsp3) is 0.500. The van der Waals surface area contributed by atoms with E-state index in [-0.39, 0.29) is 11.9 Å². The van der Waals surface area contributed by atoms with Gasteiger partial charge in [0.25, 0.3) is 5.91 Å². The van der Waals surface area contributed by atoms with E-state index in [0.717, 1.165) is 55.1 Å². The van der Waals surface area contributed by atoms with Crippen molar-refractivity contribution in [1.29, 1.82) is 0 Å². The smallest absolute Gasteiger partial charge is 0.251 e. The molecule has 0 spiro atoms. The molecule has 1 aromatic carbocycles. The Bertz CT molecular complexity index is 840. The summed E-state index contributed by atoms with van der Waals surface area (Å²) in [5.41, 5.74) is 3.91. The van der Waals surface area contributed by atoms with Gasteiger partial charge in [-0.25, -0.2) is 9.97 Å². The molecule has 0 bridgehead atoms. The van der Waals surface area contributed by atoms with E-state index in [1.807, 2.05) is 37.4 Å². The molecule has 154 valence electrons. The van der Waals surface area contributed by atoms with Gasteiger partial charge in [0.2, 0.25) is 5.95 Å². The van der Waals surface area contributed by atoms with Gasteiger partial charge in [-0.05, 0) is 37.5 Å². The fourth-order valence-corrected chi connectivity index (χ4v) is 3.79. The maximum atomic E-state index is 12.7. The summed E-state index contributed by atoms with van der Waals surface area (Å²) < 4.78 is 10.9. The van der Waals surface area contributed by atoms with Gasteiger partial charge in [-0.2, -0.15) is 0 Å². The van der Waals surface area contributed by atoms with Crippen LogP contribution in [0.3, 0.4) is 0 Å². The average Bonchev–Trinajstić information content (AvgIpc) is 2.78. The normalized spacial score (nSPS) is 18.9. The number of carbonyl (C=O) groups is 1. The highest BCUT2D eigenvalue weighted by atomic mass is 16.5. The molecule has 1 saturated heterocycles. The maximum Gasteiger partial charge on any atom is 0.251 e. The molecule has 1 fully saturated rings. The molecule has 7 nitrogen and oxygen atoms in total. The number of nitrogens with one attached hydrogen (secondary N) is 1. The minimum atomic E-state index is -0.0386. The molecule has 0 radical (unpaired) electrons. The lowest BCUT2D eigenvalue weighted by Gasteiger charge is -2.33. The van der Waals surface area contributed by atoms with E-state index >= 15 is 0 Å². The van der Waals surface area contributed by atoms with E-state index < -0.39 is 0 Å². The second kappa shape index (κ2) is 9.33. The zero-order valence-corrected chi connectivity index (χ0v) is 16.9. The highest BCUT2D eigenvalue weighted by Gasteiger charge is 2.24. The summed E-state index contributed by atoms with van der Waals surface area (Å²) in [6.07, 6.45) is 4.67. The largest absolute Gasteiger partial charge is 0.377 e. The first kappa shape index (κ1) is 19.8. The molecule has 3 heterocycles. The summed E-state index contributed by atoms with van der Waals surface area (Å²) in [6.45, 7) is 6.17. The van der Waals surface area contributed by atoms with Crippen molar-refractivity contribution in [1.82, 2.24) is 15.3 Å². The monoisotopic (exact) mass is 396 g/mol. The second-order valence-electron chi connectivity index (χ2n) is 7.54. The molecule has 1 amide bonds. The van der Waals surface area contributed by atoms with Crippen molar-refractivity contribution in [3.05, 3.63) is 52.8 Å². The molecule has 0 aliphatic carbocycles. The summed E-state index contributed by atoms with van der Waals surface area (Å²) in [4.78, 5) is 24.1. The van der Waals surface area contributed by atoms with E-state index in [1.165, 1.54) is 0 Å². The third-order valence-corrected chi connectivity index (χ3v) is 5.41. The standard InChI is InChI=1S/C22H28N4O3/c1-2-28-14-16-5-7-17(8-6-16)21(27)24-19-4-3-10-26(13-19)22-23-12-18-15-29-11-9-20(18)25-22/h5-8,12,19H,2-4,9-11,13-15H2,1H3,(H,24,27)/t19-/m1/s1. The predicted octanol–water partition coefficient (Wildman–Crippen LogP) is 2.48. The molecule has 1 atom stereocenters. The lowest BCUT2D eigenvalue weighted by atomic mass is 10.0. The first-order valence-corrected chi connectivity index (χ1v) is 10.4. The summed E-state index contributed by atoms with van der Waals surface area (Å²) >= 11 is 0. The van der Waals surface area contributed by atoms with Gasteiger partial charge in [0, 0.05) is 49.5 Å². The quantitative estimate of drug-likeness (QED) is 0.808. The van der Waals surface area contributed by atoms with Crippen molar-refractivity contribution in [3.8, 4) is 0 Å². The van der Waals surface area contributed by atoms with Crippen LogP contribution >= 0.6 is 0 Å². The number of hydrogen-bond donors (Lipinski definition) is 1. The van der Waals surface area contributed by atoms with Crippen LogP contribution in [0.4, 0.5) is 5.95 Å². The number of anilines is 1. The number of ether oxygens (including phenoxy) is 2. The van der Waals surface area contributed by atoms with Crippen molar-refractivity contribution in [2.75, 3.05) is 31.2 Å². The molecule has 2 aromatic rings. The van der Waals surface area contributed by atoms with Gasteiger partial charge in [0.05, 0.1) is 25.5 Å². The number of nitrogens with zero attached hydrogens (tertiary/aromatic N) is 3. The number of aromatic nitrogens is 2. The number of piperidine rings is 1. The minimum Gasteiger partial charge on any atom is -0.377 e. The van der Waals surface area contributed by atoms with E-state index in [9.17, 15) is 4.79 Å². The Balaban J connectivity index is 1.36. The molecule has 4 rings (SSSR count). The number of rotatable bonds is 6. The number of hydrogen-bond acceptors (Lipinski definition) is 6. The Morgan fingerprint density at radius 1 is 1.34 bits per heavy atom. The van der Waals surface area contributed by atoms with E-state index in [0.29, 0.717) is 32.0 Å². The van der Waals surface area contributed by atoms with Crippen LogP contribution in [0, 0.1) is 0 Å². The lowest BCUT2D eigenvalue weighted by Crippen LogP contribution is -2.48. The zero-order chi connectivity index (χ0) is 20.1. The van der Waals surface area contributed by atoms with E-state index in [4.69, 9.17) is 14.5 Å². The Labute approximate surface area is 171 Å². The molecule has 0 saturated carbocycles. The Kier molecular flexibility index (Phi) is 6.36. The zero-order valence-electron chi connectivity index (χ0n) is 16.9. The molecule has 2 aliphatic heterocycles. The van der Waals surface area contributed by atoms with Gasteiger partial charge in [-0.1, -0.05) is 12.1 Å². The Morgan fingerprint density at radius 3 is 3.03 bits per heavy atom. The van der Waals surface area contributed by atoms with Crippen molar-refractivity contribution in [2.24, 2.45) is 0 Å². The van der Waals surface area contributed by atoms with Crippen molar-refractivity contribution >= 4 is 11.9 Å². The number of amides is 1. The molecule has 1 N–H and O–H groups in total. The Hall–Kier alpha value is -2.51. The summed E-state index contributed by atoms with van der Waals surface area (Å²) in [6, 6.07) is 7.70. The van der Waals surface area contributed by atoms with E-state index in [2.05, 4.69) is 15.2 Å². The van der Waals surface area contributed by atoms with Crippen LogP contribution in [-0.2, 0) is 29.1 Å². The third-order valence-electron chi connectivity index (χ3n) is 5.41. The highest BCUT2D eigenvalue weighted by Crippen LogP contribution is 2.20. The van der Waals surface area contributed by atoms with Crippen molar-refractivity contribution in [2.45, 2.75) is 45.4 Å². The van der Waals surface area contributed by atoms with Crippen LogP contribution in [0.5, 0.6) is 0 Å². The second-order valence-corrected chi connectivity index (χ2v) is 7.54. The van der Waals surface area contributed by atoms with Crippen LogP contribution in [0.15, 0.2) is 30.5 Å². The summed E-state index contributed by atoms with van der Waals surface area (Å²) in [7, 11) is 0. The van der Waals surface area contributed by atoms with Crippen LogP contribution in [0.1, 0.15) is 46.9 Å². The summed E-state index contributed by atoms with van der Waals surface area (Å²) in [5.74, 6) is 0.716. The van der Waals surface area contributed by atoms with Gasteiger partial charge in [-0.3, -0.25) is 4.79 Å². The van der Waals surface area contributed by atoms with Gasteiger partial charge >= 0.3 is 0 Å². The first-order chi connectivity index (χ1) is 14.2. The van der Waals surface area contributed by atoms with Crippen LogP contribution in [0.2, 0.25) is 0 Å². The molecular formula is C22H28N4O3. The number of benzene rings is 1. The molecule has 1 aromatic heterocycles. The first-order valence-electron chi connectivity index (χ1n) is 10.4. The van der Waals surface area contributed by atoms with Crippen molar-refractivity contribution in [3.63, 3.8) is 0 Å². The van der Waals surface area contributed by atoms with Gasteiger partial charge < -0.3 is 19.7 Å². The molecule has 7 heteroatoms. The van der Waals surface area contributed by atoms with Crippen molar-refractivity contribution < 1.29 is 14.3 Å². The number of carbonyl (C=O) groups excluding carboxylic acids is 1. The maximum absolute atomic E-state index is 12.7. The van der Waals surface area contributed by atoms with Crippen LogP contribution < -0.4 is 10.2 Å². The van der Waals surface area contributed by atoms with Crippen LogP contribution in [0.25, 0.3) is 0 Å². The predicted molar refractivity (Wildman–Crippen MR) is 110 cm³/mol. The molecule has 2 aliphatic rings. The Morgan fingerprint density at radius 2 is 2.21 bits per heavy atom. The third kappa shape index (κ3) is 4.92. The topological polar surface area (TPSA) is 76.6 Å². The van der Waals surface area contributed by atoms with Crippen LogP contribution in [-0.4, -0.2) is 48.2 Å². The van der Waals surface area contributed by atoms with Gasteiger partial charge in [0.1, 0.15) is 0 Å². The highest BCUT2D eigenvalue weighted by molar-refractivity contribution is 5.94. The summed E-state index contributed by atoms with van der Waals surface area (Å²) in [5, 5.41) is 3.17. The minimum absolute atomic E-state index is 0.0386. The van der Waals surface area contributed by atoms with E-state index in [1.54, 1.807) is 0 Å².